The summed E-state index contributed by atoms with van der Waals surface area (Å²) in [7, 11) is 0. The predicted molar refractivity (Wildman–Crippen MR) is 52.7 cm³/mol. The quantitative estimate of drug-likeness (QED) is 0.611. The van der Waals surface area contributed by atoms with Crippen molar-refractivity contribution in [1.82, 2.24) is 0 Å². The SMILES string of the molecule is CCC(=O)c1cc(OC(F)F)cc(C(F)(F)F)c1. The maximum Gasteiger partial charge on any atom is 0.416 e. The lowest BCUT2D eigenvalue weighted by atomic mass is 10.0. The second-order valence-electron chi connectivity index (χ2n) is 3.40. The van der Waals surface area contributed by atoms with Crippen LogP contribution in [-0.4, -0.2) is 12.4 Å². The molecule has 0 N–H and O–H groups in total. The highest BCUT2D eigenvalue weighted by Crippen LogP contribution is 2.33. The van der Waals surface area contributed by atoms with Gasteiger partial charge in [-0.3, -0.25) is 4.79 Å². The Morgan fingerprint density at radius 1 is 1.28 bits per heavy atom. The van der Waals surface area contributed by atoms with Gasteiger partial charge in [0, 0.05) is 12.0 Å². The van der Waals surface area contributed by atoms with E-state index in [0.29, 0.717) is 12.1 Å². The monoisotopic (exact) mass is 268 g/mol. The smallest absolute Gasteiger partial charge is 0.416 e. The molecular formula is C11H9F5O2. The lowest BCUT2D eigenvalue weighted by Gasteiger charge is -2.12. The van der Waals surface area contributed by atoms with Crippen LogP contribution in [0.15, 0.2) is 18.2 Å². The molecule has 0 saturated carbocycles. The van der Waals surface area contributed by atoms with E-state index in [4.69, 9.17) is 0 Å². The van der Waals surface area contributed by atoms with Gasteiger partial charge in [-0.25, -0.2) is 0 Å². The highest BCUT2D eigenvalue weighted by atomic mass is 19.4. The van der Waals surface area contributed by atoms with Gasteiger partial charge in [-0.2, -0.15) is 22.0 Å². The molecular weight excluding hydrogens is 259 g/mol. The van der Waals surface area contributed by atoms with E-state index in [1.165, 1.54) is 6.92 Å². The Labute approximate surface area is 99.4 Å². The van der Waals surface area contributed by atoms with Crippen molar-refractivity contribution >= 4 is 5.78 Å². The number of Topliss-reactive ketones (excluding diaryl/α,β-unsaturated/α-hetero) is 1. The van der Waals surface area contributed by atoms with Crippen molar-refractivity contribution in [2.45, 2.75) is 26.1 Å². The van der Waals surface area contributed by atoms with Gasteiger partial charge in [-0.1, -0.05) is 6.92 Å². The van der Waals surface area contributed by atoms with Crippen molar-refractivity contribution in [3.63, 3.8) is 0 Å². The number of carbonyl (C=O) groups is 1. The van der Waals surface area contributed by atoms with E-state index in [9.17, 15) is 26.7 Å². The molecule has 0 aromatic heterocycles. The summed E-state index contributed by atoms with van der Waals surface area (Å²) in [6.45, 7) is -1.80. The van der Waals surface area contributed by atoms with Crippen molar-refractivity contribution < 1.29 is 31.5 Å². The summed E-state index contributed by atoms with van der Waals surface area (Å²) in [5.41, 5.74) is -1.50. The fourth-order valence-electron chi connectivity index (χ4n) is 1.30. The van der Waals surface area contributed by atoms with E-state index >= 15 is 0 Å². The first-order valence-corrected chi connectivity index (χ1v) is 4.94. The fraction of sp³-hybridized carbons (Fsp3) is 0.364. The molecule has 0 heterocycles. The van der Waals surface area contributed by atoms with Crippen molar-refractivity contribution in [2.24, 2.45) is 0 Å². The normalized spacial score (nSPS) is 11.7. The molecule has 0 spiro atoms. The van der Waals surface area contributed by atoms with Crippen LogP contribution in [0.25, 0.3) is 0 Å². The minimum atomic E-state index is -4.73. The zero-order valence-electron chi connectivity index (χ0n) is 9.22. The Morgan fingerprint density at radius 2 is 1.89 bits per heavy atom. The van der Waals surface area contributed by atoms with E-state index in [1.54, 1.807) is 0 Å². The van der Waals surface area contributed by atoms with Gasteiger partial charge in [0.05, 0.1) is 5.56 Å². The molecule has 0 aliphatic heterocycles. The number of hydrogen-bond donors (Lipinski definition) is 0. The fourth-order valence-corrected chi connectivity index (χ4v) is 1.30. The Kier molecular flexibility index (Phi) is 4.26. The number of rotatable bonds is 4. The summed E-state index contributed by atoms with van der Waals surface area (Å²) in [6.07, 6.45) is -4.76. The summed E-state index contributed by atoms with van der Waals surface area (Å²) < 4.78 is 65.3. The summed E-state index contributed by atoms with van der Waals surface area (Å²) in [4.78, 5) is 11.3. The number of halogens is 5. The molecule has 0 unspecified atom stereocenters. The summed E-state index contributed by atoms with van der Waals surface area (Å²) in [6, 6.07) is 1.91. The number of hydrogen-bond acceptors (Lipinski definition) is 2. The lowest BCUT2D eigenvalue weighted by molar-refractivity contribution is -0.138. The Balaban J connectivity index is 3.24. The van der Waals surface area contributed by atoms with Crippen LogP contribution < -0.4 is 4.74 Å². The van der Waals surface area contributed by atoms with Crippen LogP contribution in [-0.2, 0) is 6.18 Å². The third kappa shape index (κ3) is 3.68. The van der Waals surface area contributed by atoms with Gasteiger partial charge in [0.1, 0.15) is 5.75 Å². The summed E-state index contributed by atoms with van der Waals surface area (Å²) in [5.74, 6) is -1.27. The minimum absolute atomic E-state index is 0.0323. The van der Waals surface area contributed by atoms with Gasteiger partial charge in [0.2, 0.25) is 0 Å². The van der Waals surface area contributed by atoms with Crippen LogP contribution in [0, 0.1) is 0 Å². The summed E-state index contributed by atoms with van der Waals surface area (Å²) in [5, 5.41) is 0. The maximum atomic E-state index is 12.5. The van der Waals surface area contributed by atoms with Crippen LogP contribution in [0.4, 0.5) is 22.0 Å². The third-order valence-corrected chi connectivity index (χ3v) is 2.10. The van der Waals surface area contributed by atoms with Gasteiger partial charge >= 0.3 is 12.8 Å². The molecule has 2 nitrogen and oxygen atoms in total. The van der Waals surface area contributed by atoms with Crippen LogP contribution >= 0.6 is 0 Å². The Morgan fingerprint density at radius 3 is 2.33 bits per heavy atom. The zero-order valence-corrected chi connectivity index (χ0v) is 9.22. The molecule has 0 aliphatic rings. The summed E-state index contributed by atoms with van der Waals surface area (Å²) >= 11 is 0. The largest absolute Gasteiger partial charge is 0.435 e. The zero-order chi connectivity index (χ0) is 13.9. The Bertz CT molecular complexity index is 440. The number of ketones is 1. The van der Waals surface area contributed by atoms with Gasteiger partial charge in [0.25, 0.3) is 0 Å². The van der Waals surface area contributed by atoms with Gasteiger partial charge in [-0.05, 0) is 18.2 Å². The predicted octanol–water partition coefficient (Wildman–Crippen LogP) is 3.90. The molecule has 7 heteroatoms. The molecule has 0 fully saturated rings. The molecule has 0 aliphatic carbocycles. The minimum Gasteiger partial charge on any atom is -0.435 e. The van der Waals surface area contributed by atoms with E-state index in [2.05, 4.69) is 4.74 Å². The average molecular weight is 268 g/mol. The average Bonchev–Trinajstić information content (AvgIpc) is 2.25. The molecule has 1 rings (SSSR count). The topological polar surface area (TPSA) is 26.3 Å². The van der Waals surface area contributed by atoms with E-state index < -0.39 is 29.9 Å². The molecule has 0 bridgehead atoms. The van der Waals surface area contributed by atoms with Gasteiger partial charge in [-0.15, -0.1) is 0 Å². The van der Waals surface area contributed by atoms with Crippen LogP contribution in [0.3, 0.4) is 0 Å². The molecule has 0 saturated heterocycles. The Hall–Kier alpha value is -1.66. The second kappa shape index (κ2) is 5.32. The number of benzene rings is 1. The molecule has 1 aromatic rings. The molecule has 0 atom stereocenters. The first-order chi connectivity index (χ1) is 8.24. The highest BCUT2D eigenvalue weighted by molar-refractivity contribution is 5.96. The molecule has 0 radical (unpaired) electrons. The van der Waals surface area contributed by atoms with Crippen LogP contribution in [0.5, 0.6) is 5.75 Å². The number of alkyl halides is 5. The van der Waals surface area contributed by atoms with E-state index in [0.717, 1.165) is 6.07 Å². The van der Waals surface area contributed by atoms with Gasteiger partial charge in [0.15, 0.2) is 5.78 Å². The van der Waals surface area contributed by atoms with Crippen molar-refractivity contribution in [3.05, 3.63) is 29.3 Å². The lowest BCUT2D eigenvalue weighted by Crippen LogP contribution is -2.10. The highest BCUT2D eigenvalue weighted by Gasteiger charge is 2.32. The van der Waals surface area contributed by atoms with Crippen molar-refractivity contribution in [3.8, 4) is 5.75 Å². The van der Waals surface area contributed by atoms with E-state index in [1.807, 2.05) is 0 Å². The van der Waals surface area contributed by atoms with E-state index in [-0.39, 0.29) is 12.0 Å². The van der Waals surface area contributed by atoms with Crippen LogP contribution in [0.1, 0.15) is 29.3 Å². The molecule has 1 aromatic carbocycles. The number of ether oxygens (including phenoxy) is 1. The molecule has 100 valence electrons. The first kappa shape index (κ1) is 14.4. The van der Waals surface area contributed by atoms with Crippen LogP contribution in [0.2, 0.25) is 0 Å². The van der Waals surface area contributed by atoms with Gasteiger partial charge < -0.3 is 4.74 Å². The second-order valence-corrected chi connectivity index (χ2v) is 3.40. The molecule has 18 heavy (non-hydrogen) atoms. The standard InChI is InChI=1S/C11H9F5O2/c1-2-9(17)6-3-7(11(14,15)16)5-8(4-6)18-10(12)13/h3-5,10H,2H2,1H3. The third-order valence-electron chi connectivity index (χ3n) is 2.10. The van der Waals surface area contributed by atoms with Crippen molar-refractivity contribution in [2.75, 3.05) is 0 Å². The number of carbonyl (C=O) groups excluding carboxylic acids is 1. The maximum absolute atomic E-state index is 12.5. The van der Waals surface area contributed by atoms with Crippen molar-refractivity contribution in [1.29, 1.82) is 0 Å². The first-order valence-electron chi connectivity index (χ1n) is 4.94. The molecule has 0 amide bonds.